The summed E-state index contributed by atoms with van der Waals surface area (Å²) in [5, 5.41) is 10.6. The summed E-state index contributed by atoms with van der Waals surface area (Å²) in [7, 11) is 0. The summed E-state index contributed by atoms with van der Waals surface area (Å²) in [4.78, 5) is 36.5. The molecule has 0 aliphatic rings. The molecule has 0 spiro atoms. The summed E-state index contributed by atoms with van der Waals surface area (Å²) < 4.78 is 0. The van der Waals surface area contributed by atoms with Crippen molar-refractivity contribution >= 4 is 23.3 Å². The third-order valence-corrected chi connectivity index (χ3v) is 2.19. The normalized spacial score (nSPS) is 9.67. The second kappa shape index (κ2) is 6.51. The molecular weight excluding hydrogens is 238 g/mol. The van der Waals surface area contributed by atoms with E-state index in [1.807, 2.05) is 0 Å². The first-order valence-corrected chi connectivity index (χ1v) is 5.28. The molecule has 0 saturated heterocycles. The van der Waals surface area contributed by atoms with Crippen molar-refractivity contribution in [2.45, 2.75) is 19.8 Å². The Labute approximate surface area is 103 Å². The summed E-state index contributed by atoms with van der Waals surface area (Å²) in [5.74, 6) is -1.28. The fourth-order valence-electron chi connectivity index (χ4n) is 1.35. The molecule has 6 nitrogen and oxygen atoms in total. The number of hydrogen-bond acceptors (Lipinski definition) is 5. The van der Waals surface area contributed by atoms with Gasteiger partial charge in [-0.15, -0.1) is 0 Å². The van der Waals surface area contributed by atoms with Crippen LogP contribution in [0.5, 0.6) is 0 Å². The molecule has 2 N–H and O–H groups in total. The number of Topliss-reactive ketones (excluding diaryl/α,β-unsaturated/α-hetero) is 1. The van der Waals surface area contributed by atoms with E-state index in [1.54, 1.807) is 24.3 Å². The summed E-state index contributed by atoms with van der Waals surface area (Å²) >= 11 is 0. The molecule has 18 heavy (non-hydrogen) atoms. The van der Waals surface area contributed by atoms with E-state index in [2.05, 4.69) is 10.2 Å². The van der Waals surface area contributed by atoms with E-state index < -0.39 is 5.97 Å². The lowest BCUT2D eigenvalue weighted by molar-refractivity contribution is -0.234. The first-order valence-electron chi connectivity index (χ1n) is 5.28. The van der Waals surface area contributed by atoms with Crippen LogP contribution < -0.4 is 5.32 Å². The van der Waals surface area contributed by atoms with Gasteiger partial charge in [-0.3, -0.25) is 9.59 Å². The quantitative estimate of drug-likeness (QED) is 0.471. The third-order valence-electron chi connectivity index (χ3n) is 2.19. The number of ketones is 1. The Kier molecular flexibility index (Phi) is 5.01. The van der Waals surface area contributed by atoms with Crippen molar-refractivity contribution in [2.75, 3.05) is 5.32 Å². The molecule has 1 amide bonds. The molecule has 96 valence electrons. The highest BCUT2D eigenvalue weighted by Crippen LogP contribution is 2.12. The highest BCUT2D eigenvalue weighted by atomic mass is 17.1. The number of benzene rings is 1. The standard InChI is InChI=1S/C12H13NO5/c1-8(14)13-10-4-2-9(3-5-10)11(15)6-7-12(16)18-17/h2-5,17H,6-7H2,1H3,(H,13,14). The van der Waals surface area contributed by atoms with Crippen LogP contribution in [0.2, 0.25) is 0 Å². The minimum atomic E-state index is -0.849. The lowest BCUT2D eigenvalue weighted by atomic mass is 10.1. The maximum absolute atomic E-state index is 11.6. The molecule has 1 rings (SSSR count). The molecule has 0 aliphatic heterocycles. The molecule has 1 aromatic carbocycles. The number of amides is 1. The van der Waals surface area contributed by atoms with Crippen molar-refractivity contribution in [3.63, 3.8) is 0 Å². The molecule has 0 atom stereocenters. The highest BCUT2D eigenvalue weighted by molar-refractivity contribution is 5.98. The van der Waals surface area contributed by atoms with Crippen molar-refractivity contribution in [1.82, 2.24) is 0 Å². The van der Waals surface area contributed by atoms with Gasteiger partial charge < -0.3 is 10.2 Å². The summed E-state index contributed by atoms with van der Waals surface area (Å²) in [6, 6.07) is 6.30. The van der Waals surface area contributed by atoms with Gasteiger partial charge in [0, 0.05) is 24.6 Å². The van der Waals surface area contributed by atoms with Crippen LogP contribution in [-0.2, 0) is 14.5 Å². The van der Waals surface area contributed by atoms with Gasteiger partial charge in [-0.2, -0.15) is 5.26 Å². The smallest absolute Gasteiger partial charge is 0.326 e. The average Bonchev–Trinajstić information content (AvgIpc) is 2.35. The van der Waals surface area contributed by atoms with Gasteiger partial charge >= 0.3 is 5.97 Å². The van der Waals surface area contributed by atoms with Gasteiger partial charge in [0.15, 0.2) is 5.78 Å². The Morgan fingerprint density at radius 1 is 1.17 bits per heavy atom. The lowest BCUT2D eigenvalue weighted by Gasteiger charge is -2.03. The second-order valence-corrected chi connectivity index (χ2v) is 3.65. The monoisotopic (exact) mass is 251 g/mol. The van der Waals surface area contributed by atoms with Gasteiger partial charge in [-0.1, -0.05) is 0 Å². The maximum Gasteiger partial charge on any atom is 0.342 e. The zero-order valence-corrected chi connectivity index (χ0v) is 9.80. The van der Waals surface area contributed by atoms with E-state index in [0.29, 0.717) is 11.3 Å². The average molecular weight is 251 g/mol. The molecule has 0 unspecified atom stereocenters. The zero-order chi connectivity index (χ0) is 13.5. The maximum atomic E-state index is 11.6. The number of rotatable bonds is 5. The molecule has 0 aromatic heterocycles. The molecule has 0 aliphatic carbocycles. The van der Waals surface area contributed by atoms with E-state index in [4.69, 9.17) is 5.26 Å². The predicted octanol–water partition coefficient (Wildman–Crippen LogP) is 1.62. The number of anilines is 1. The molecule has 6 heteroatoms. The molecular formula is C12H13NO5. The number of nitrogens with one attached hydrogen (secondary N) is 1. The topological polar surface area (TPSA) is 92.7 Å². The van der Waals surface area contributed by atoms with Gasteiger partial charge in [0.25, 0.3) is 0 Å². The van der Waals surface area contributed by atoms with E-state index >= 15 is 0 Å². The molecule has 0 fully saturated rings. The third kappa shape index (κ3) is 4.34. The minimum absolute atomic E-state index is 0.0428. The van der Waals surface area contributed by atoms with E-state index in [1.165, 1.54) is 6.92 Å². The molecule has 0 bridgehead atoms. The van der Waals surface area contributed by atoms with Gasteiger partial charge in [0.05, 0.1) is 6.42 Å². The van der Waals surface area contributed by atoms with E-state index in [-0.39, 0.29) is 24.5 Å². The predicted molar refractivity (Wildman–Crippen MR) is 63.0 cm³/mol. The van der Waals surface area contributed by atoms with Crippen LogP contribution in [0.1, 0.15) is 30.1 Å². The van der Waals surface area contributed by atoms with Crippen molar-refractivity contribution in [3.8, 4) is 0 Å². The van der Waals surface area contributed by atoms with Crippen LogP contribution in [0.4, 0.5) is 5.69 Å². The van der Waals surface area contributed by atoms with Crippen LogP contribution in [0.3, 0.4) is 0 Å². The Hall–Kier alpha value is -2.21. The first kappa shape index (κ1) is 13.9. The van der Waals surface area contributed by atoms with Crippen LogP contribution >= 0.6 is 0 Å². The Bertz CT molecular complexity index is 452. The van der Waals surface area contributed by atoms with Gasteiger partial charge in [0.2, 0.25) is 5.91 Å². The SMILES string of the molecule is CC(=O)Nc1ccc(C(=O)CCC(=O)OO)cc1. The lowest BCUT2D eigenvalue weighted by Crippen LogP contribution is -2.07. The second-order valence-electron chi connectivity index (χ2n) is 3.65. The summed E-state index contributed by atoms with van der Waals surface area (Å²) in [6.07, 6.45) is -0.221. The van der Waals surface area contributed by atoms with Crippen LogP contribution in [0.25, 0.3) is 0 Å². The first-order chi connectivity index (χ1) is 8.52. The highest BCUT2D eigenvalue weighted by Gasteiger charge is 2.10. The molecule has 0 saturated carbocycles. The van der Waals surface area contributed by atoms with Crippen LogP contribution in [-0.4, -0.2) is 22.9 Å². The fourth-order valence-corrected chi connectivity index (χ4v) is 1.35. The van der Waals surface area contributed by atoms with Crippen molar-refractivity contribution < 1.29 is 24.5 Å². The van der Waals surface area contributed by atoms with Gasteiger partial charge in [0.1, 0.15) is 0 Å². The van der Waals surface area contributed by atoms with Gasteiger partial charge in [-0.25, -0.2) is 4.79 Å². The Morgan fingerprint density at radius 3 is 2.28 bits per heavy atom. The number of carbonyl (C=O) groups is 3. The van der Waals surface area contributed by atoms with Crippen molar-refractivity contribution in [2.24, 2.45) is 0 Å². The summed E-state index contributed by atoms with van der Waals surface area (Å²) in [6.45, 7) is 1.39. The van der Waals surface area contributed by atoms with Crippen molar-refractivity contribution in [3.05, 3.63) is 29.8 Å². The molecule has 0 radical (unpaired) electrons. The van der Waals surface area contributed by atoms with Gasteiger partial charge in [-0.05, 0) is 24.3 Å². The largest absolute Gasteiger partial charge is 0.342 e. The van der Waals surface area contributed by atoms with Crippen LogP contribution in [0.15, 0.2) is 24.3 Å². The zero-order valence-electron chi connectivity index (χ0n) is 9.80. The number of hydrogen-bond donors (Lipinski definition) is 2. The fraction of sp³-hybridized carbons (Fsp3) is 0.250. The van der Waals surface area contributed by atoms with Crippen molar-refractivity contribution in [1.29, 1.82) is 0 Å². The Balaban J connectivity index is 2.59. The van der Waals surface area contributed by atoms with Crippen LogP contribution in [0, 0.1) is 0 Å². The molecule has 1 aromatic rings. The minimum Gasteiger partial charge on any atom is -0.326 e. The van der Waals surface area contributed by atoms with E-state index in [0.717, 1.165) is 0 Å². The Morgan fingerprint density at radius 2 is 1.78 bits per heavy atom. The number of carbonyl (C=O) groups excluding carboxylic acids is 3. The summed E-state index contributed by atoms with van der Waals surface area (Å²) in [5.41, 5.74) is 1.02. The molecule has 0 heterocycles. The van der Waals surface area contributed by atoms with E-state index in [9.17, 15) is 14.4 Å².